The van der Waals surface area contributed by atoms with Crippen molar-refractivity contribution < 1.29 is 34.8 Å². The summed E-state index contributed by atoms with van der Waals surface area (Å²) in [5.41, 5.74) is -0.0240. The maximum Gasteiger partial charge on any atom is 0.309 e. The third-order valence-electron chi connectivity index (χ3n) is 6.01. The Morgan fingerprint density at radius 2 is 1.45 bits per heavy atom. The Morgan fingerprint density at radius 1 is 0.875 bits per heavy atom. The minimum atomic E-state index is -3.96. The second-order valence-electron chi connectivity index (χ2n) is 10.6. The van der Waals surface area contributed by atoms with E-state index in [1.54, 1.807) is 42.5 Å². The van der Waals surface area contributed by atoms with Crippen LogP contribution in [0.3, 0.4) is 0 Å². The lowest BCUT2D eigenvalue weighted by molar-refractivity contribution is -0.124. The number of carbonyl (C=O) groups excluding carboxylic acids is 2. The molecule has 0 heterocycles. The van der Waals surface area contributed by atoms with E-state index in [0.29, 0.717) is 12.0 Å². The van der Waals surface area contributed by atoms with E-state index < -0.39 is 43.2 Å². The summed E-state index contributed by atoms with van der Waals surface area (Å²) >= 11 is 0. The molecule has 0 spiro atoms. The van der Waals surface area contributed by atoms with Crippen LogP contribution in [0.2, 0.25) is 0 Å². The number of Topliss-reactive ketones (excluding diaryl/α,β-unsaturated/α-hetero) is 1. The summed E-state index contributed by atoms with van der Waals surface area (Å²) in [6.07, 6.45) is 0.256. The minimum Gasteiger partial charge on any atom is -0.382 e. The van der Waals surface area contributed by atoms with Crippen LogP contribution in [0, 0.1) is 11.3 Å². The molecule has 10 nitrogen and oxygen atoms in total. The number of carbonyl (C=O) groups is 2. The summed E-state index contributed by atoms with van der Waals surface area (Å²) in [7, 11) is -7.91. The number of nitrogens with one attached hydrogen (secondary N) is 2. The monoisotopic (exact) mass is 596 g/mol. The van der Waals surface area contributed by atoms with E-state index in [9.17, 15) is 26.4 Å². The fourth-order valence-corrected chi connectivity index (χ4v) is 5.93. The van der Waals surface area contributed by atoms with Crippen molar-refractivity contribution in [2.75, 3.05) is 31.2 Å². The first kappa shape index (κ1) is 33.4. The molecule has 12 heteroatoms. The second-order valence-corrected chi connectivity index (χ2v) is 14.1. The van der Waals surface area contributed by atoms with Gasteiger partial charge in [0.1, 0.15) is 5.75 Å². The van der Waals surface area contributed by atoms with Gasteiger partial charge in [-0.2, -0.15) is 16.8 Å². The van der Waals surface area contributed by atoms with Gasteiger partial charge in [0.05, 0.1) is 30.7 Å². The second kappa shape index (κ2) is 15.3. The van der Waals surface area contributed by atoms with Crippen molar-refractivity contribution in [3.8, 4) is 5.75 Å². The van der Waals surface area contributed by atoms with E-state index in [1.165, 1.54) is 12.1 Å². The summed E-state index contributed by atoms with van der Waals surface area (Å²) in [6, 6.07) is 16.2. The van der Waals surface area contributed by atoms with Crippen molar-refractivity contribution in [2.24, 2.45) is 11.3 Å². The van der Waals surface area contributed by atoms with Crippen molar-refractivity contribution in [3.63, 3.8) is 0 Å². The van der Waals surface area contributed by atoms with Gasteiger partial charge in [-0.15, -0.1) is 0 Å². The predicted octanol–water partition coefficient (Wildman–Crippen LogP) is 3.16. The van der Waals surface area contributed by atoms with Gasteiger partial charge in [0.25, 0.3) is 10.1 Å². The molecular formula is C28H40N2O8S2. The molecule has 0 unspecified atom stereocenters. The maximum absolute atomic E-state index is 12.8. The lowest BCUT2D eigenvalue weighted by Crippen LogP contribution is -2.49. The van der Waals surface area contributed by atoms with Crippen LogP contribution in [0.15, 0.2) is 60.7 Å². The van der Waals surface area contributed by atoms with Crippen LogP contribution in [0.4, 0.5) is 0 Å². The van der Waals surface area contributed by atoms with Crippen molar-refractivity contribution in [1.82, 2.24) is 10.6 Å². The molecule has 222 valence electrons. The molecule has 0 bridgehead atoms. The molecule has 2 rings (SSSR count). The van der Waals surface area contributed by atoms with Gasteiger partial charge in [0, 0.05) is 12.1 Å². The maximum atomic E-state index is 12.8. The van der Waals surface area contributed by atoms with Gasteiger partial charge in [-0.05, 0) is 36.3 Å². The fourth-order valence-electron chi connectivity index (χ4n) is 3.65. The number of ketones is 1. The highest BCUT2D eigenvalue weighted by atomic mass is 32.2. The van der Waals surface area contributed by atoms with Crippen molar-refractivity contribution in [3.05, 3.63) is 66.2 Å². The first-order valence-corrected chi connectivity index (χ1v) is 16.3. The van der Waals surface area contributed by atoms with E-state index in [2.05, 4.69) is 10.6 Å². The van der Waals surface area contributed by atoms with Crippen LogP contribution in [0.1, 0.15) is 50.9 Å². The van der Waals surface area contributed by atoms with Gasteiger partial charge in [0.15, 0.2) is 5.78 Å². The van der Waals surface area contributed by atoms with Crippen LogP contribution < -0.4 is 14.8 Å². The lowest BCUT2D eigenvalue weighted by atomic mass is 9.90. The van der Waals surface area contributed by atoms with Crippen LogP contribution in [-0.2, 0) is 29.2 Å². The Hall–Kier alpha value is -2.80. The van der Waals surface area contributed by atoms with Crippen molar-refractivity contribution in [1.29, 1.82) is 0 Å². The zero-order valence-electron chi connectivity index (χ0n) is 23.5. The van der Waals surface area contributed by atoms with Gasteiger partial charge in [-0.25, -0.2) is 0 Å². The molecule has 2 N–H and O–H groups in total. The Bertz CT molecular complexity index is 1300. The molecule has 1 amide bonds. The Kier molecular flexibility index (Phi) is 12.8. The number of para-hydroxylation sites is 1. The summed E-state index contributed by atoms with van der Waals surface area (Å²) in [5, 5.41) is 5.89. The van der Waals surface area contributed by atoms with Gasteiger partial charge >= 0.3 is 10.1 Å². The molecule has 2 aromatic rings. The molecule has 1 atom stereocenters. The normalized spacial score (nSPS) is 13.1. The first-order chi connectivity index (χ1) is 18.7. The van der Waals surface area contributed by atoms with Gasteiger partial charge in [-0.3, -0.25) is 19.1 Å². The molecule has 40 heavy (non-hydrogen) atoms. The topological polar surface area (TPSA) is 145 Å². The zero-order valence-corrected chi connectivity index (χ0v) is 25.1. The smallest absolute Gasteiger partial charge is 0.309 e. The van der Waals surface area contributed by atoms with E-state index in [1.807, 2.05) is 33.8 Å². The summed E-state index contributed by atoms with van der Waals surface area (Å²) < 4.78 is 59.0. The minimum absolute atomic E-state index is 0.0250. The molecule has 2 aromatic carbocycles. The van der Waals surface area contributed by atoms with Crippen LogP contribution in [-0.4, -0.2) is 65.8 Å². The van der Waals surface area contributed by atoms with Crippen molar-refractivity contribution >= 4 is 31.9 Å². The first-order valence-electron chi connectivity index (χ1n) is 13.1. The van der Waals surface area contributed by atoms with Crippen molar-refractivity contribution in [2.45, 2.75) is 46.6 Å². The number of rotatable bonds is 18. The SMILES string of the molecule is CC(C)[C@H](NCC(=O)c1ccccc1)C(=O)NCCC(C)(C)COS(=O)(=O)CCCS(=O)(=O)Oc1ccccc1. The summed E-state index contributed by atoms with van der Waals surface area (Å²) in [6.45, 7) is 7.56. The van der Waals surface area contributed by atoms with E-state index in [-0.39, 0.29) is 49.5 Å². The summed E-state index contributed by atoms with van der Waals surface area (Å²) in [5.74, 6) is -1.21. The number of benzene rings is 2. The predicted molar refractivity (Wildman–Crippen MR) is 154 cm³/mol. The van der Waals surface area contributed by atoms with Gasteiger partial charge in [-0.1, -0.05) is 76.2 Å². The molecule has 0 aliphatic carbocycles. The molecular weight excluding hydrogens is 556 g/mol. The highest BCUT2D eigenvalue weighted by Gasteiger charge is 2.26. The van der Waals surface area contributed by atoms with Crippen LogP contribution >= 0.6 is 0 Å². The number of hydrogen-bond donors (Lipinski definition) is 2. The highest BCUT2D eigenvalue weighted by Crippen LogP contribution is 2.21. The molecule has 0 aromatic heterocycles. The lowest BCUT2D eigenvalue weighted by Gasteiger charge is -2.26. The molecule has 0 saturated carbocycles. The Morgan fingerprint density at radius 3 is 2.05 bits per heavy atom. The average Bonchev–Trinajstić information content (AvgIpc) is 2.88. The average molecular weight is 597 g/mol. The van der Waals surface area contributed by atoms with Gasteiger partial charge in [0.2, 0.25) is 5.91 Å². The quantitative estimate of drug-likeness (QED) is 0.196. The third kappa shape index (κ3) is 12.6. The van der Waals surface area contributed by atoms with E-state index in [4.69, 9.17) is 8.37 Å². The molecule has 0 radical (unpaired) electrons. The van der Waals surface area contributed by atoms with E-state index >= 15 is 0 Å². The van der Waals surface area contributed by atoms with Crippen LogP contribution in [0.5, 0.6) is 5.75 Å². The van der Waals surface area contributed by atoms with E-state index in [0.717, 1.165) is 0 Å². The molecule has 0 fully saturated rings. The number of amides is 1. The highest BCUT2D eigenvalue weighted by molar-refractivity contribution is 7.87. The molecule has 0 saturated heterocycles. The Labute approximate surface area is 238 Å². The fraction of sp³-hybridized carbons (Fsp3) is 0.500. The summed E-state index contributed by atoms with van der Waals surface area (Å²) in [4.78, 5) is 25.2. The largest absolute Gasteiger partial charge is 0.382 e. The standard InChI is InChI=1S/C28H40N2O8S2/c1-22(2)26(30-20-25(31)23-12-7-5-8-13-23)27(32)29-17-16-28(3,4)21-37-39(33,34)18-11-19-40(35,36)38-24-14-9-6-10-15-24/h5-10,12-15,22,26,30H,11,16-21H2,1-4H3,(H,29,32)/t26-/m0/s1. The molecule has 0 aliphatic rings. The molecule has 0 aliphatic heterocycles. The zero-order chi connectivity index (χ0) is 29.8. The number of hydrogen-bond acceptors (Lipinski definition) is 9. The Balaban J connectivity index is 1.74. The third-order valence-corrected chi connectivity index (χ3v) is 8.51. The van der Waals surface area contributed by atoms with Crippen LogP contribution in [0.25, 0.3) is 0 Å². The van der Waals surface area contributed by atoms with Gasteiger partial charge < -0.3 is 9.50 Å².